The number of sulfonamides is 1. The number of hydrazone groups is 1. The van der Waals surface area contributed by atoms with Crippen molar-refractivity contribution < 1.29 is 17.9 Å². The molecule has 0 saturated heterocycles. The van der Waals surface area contributed by atoms with E-state index in [0.717, 1.165) is 5.56 Å². The minimum atomic E-state index is -3.70. The van der Waals surface area contributed by atoms with Crippen molar-refractivity contribution in [2.45, 2.75) is 18.2 Å². The van der Waals surface area contributed by atoms with Gasteiger partial charge < -0.3 is 9.47 Å². The van der Waals surface area contributed by atoms with Gasteiger partial charge in [0.25, 0.3) is 10.0 Å². The number of hydrogen-bond donors (Lipinski definition) is 1. The summed E-state index contributed by atoms with van der Waals surface area (Å²) in [6.07, 6.45) is 0.548. The van der Waals surface area contributed by atoms with E-state index in [4.69, 9.17) is 9.47 Å². The van der Waals surface area contributed by atoms with Crippen molar-refractivity contribution in [2.75, 3.05) is 14.2 Å². The van der Waals surface area contributed by atoms with Gasteiger partial charge in [0, 0.05) is 5.56 Å². The molecule has 0 saturated carbocycles. The summed E-state index contributed by atoms with van der Waals surface area (Å²) in [5, 5.41) is 4.07. The lowest BCUT2D eigenvalue weighted by Gasteiger charge is -2.11. The summed E-state index contributed by atoms with van der Waals surface area (Å²) in [5.41, 5.74) is 1.35. The molecule has 0 fully saturated rings. The summed E-state index contributed by atoms with van der Waals surface area (Å²) in [6, 6.07) is 13.4. The normalized spacial score (nSPS) is 11.9. The SMILES string of the molecule is CC/C(=N\NS(=O)(=O)c1ccccc1)c1ccc(OC)c(OC)c1. The summed E-state index contributed by atoms with van der Waals surface area (Å²) in [5.74, 6) is 1.16. The number of benzene rings is 2. The largest absolute Gasteiger partial charge is 0.493 e. The molecule has 0 unspecified atom stereocenters. The van der Waals surface area contributed by atoms with Gasteiger partial charge >= 0.3 is 0 Å². The average molecular weight is 348 g/mol. The summed E-state index contributed by atoms with van der Waals surface area (Å²) in [7, 11) is -0.595. The zero-order valence-electron chi connectivity index (χ0n) is 13.8. The second kappa shape index (κ2) is 7.83. The Labute approximate surface area is 142 Å². The van der Waals surface area contributed by atoms with Crippen molar-refractivity contribution in [2.24, 2.45) is 5.10 Å². The summed E-state index contributed by atoms with van der Waals surface area (Å²) >= 11 is 0. The van der Waals surface area contributed by atoms with Gasteiger partial charge in [-0.05, 0) is 36.8 Å². The van der Waals surface area contributed by atoms with Crippen molar-refractivity contribution in [3.8, 4) is 11.5 Å². The highest BCUT2D eigenvalue weighted by molar-refractivity contribution is 7.89. The van der Waals surface area contributed by atoms with Crippen molar-refractivity contribution in [3.63, 3.8) is 0 Å². The van der Waals surface area contributed by atoms with E-state index in [9.17, 15) is 8.42 Å². The van der Waals surface area contributed by atoms with Gasteiger partial charge in [-0.15, -0.1) is 0 Å². The lowest BCUT2D eigenvalue weighted by atomic mass is 10.1. The predicted molar refractivity (Wildman–Crippen MR) is 93.1 cm³/mol. The molecule has 0 aliphatic heterocycles. The van der Waals surface area contributed by atoms with Crippen LogP contribution in [0.3, 0.4) is 0 Å². The Bertz CT molecular complexity index is 818. The first-order chi connectivity index (χ1) is 11.5. The first-order valence-electron chi connectivity index (χ1n) is 7.37. The van der Waals surface area contributed by atoms with Gasteiger partial charge in [0.05, 0.1) is 24.8 Å². The smallest absolute Gasteiger partial charge is 0.276 e. The molecule has 6 nitrogen and oxygen atoms in total. The molecule has 0 amide bonds. The maximum absolute atomic E-state index is 12.2. The van der Waals surface area contributed by atoms with Gasteiger partial charge in [-0.25, -0.2) is 0 Å². The number of hydrogen-bond acceptors (Lipinski definition) is 5. The highest BCUT2D eigenvalue weighted by Crippen LogP contribution is 2.28. The van der Waals surface area contributed by atoms with E-state index in [-0.39, 0.29) is 4.90 Å². The van der Waals surface area contributed by atoms with E-state index in [1.807, 2.05) is 6.92 Å². The third kappa shape index (κ3) is 4.05. The molecule has 24 heavy (non-hydrogen) atoms. The van der Waals surface area contributed by atoms with Crippen LogP contribution >= 0.6 is 0 Å². The lowest BCUT2D eigenvalue weighted by molar-refractivity contribution is 0.355. The van der Waals surface area contributed by atoms with Crippen molar-refractivity contribution in [3.05, 3.63) is 54.1 Å². The van der Waals surface area contributed by atoms with Gasteiger partial charge in [-0.3, -0.25) is 0 Å². The standard InChI is InChI=1S/C17H20N2O4S/c1-4-15(13-10-11-16(22-2)17(12-13)23-3)18-19-24(20,21)14-8-6-5-7-9-14/h5-12,19H,4H2,1-3H3/b18-15+. The van der Waals surface area contributed by atoms with Crippen LogP contribution in [0.5, 0.6) is 11.5 Å². The Balaban J connectivity index is 2.30. The summed E-state index contributed by atoms with van der Waals surface area (Å²) in [4.78, 5) is 2.44. The average Bonchev–Trinajstić information content (AvgIpc) is 2.62. The van der Waals surface area contributed by atoms with E-state index in [0.29, 0.717) is 23.6 Å². The summed E-state index contributed by atoms with van der Waals surface area (Å²) < 4.78 is 35.0. The van der Waals surface area contributed by atoms with Crippen LogP contribution in [0.2, 0.25) is 0 Å². The van der Waals surface area contributed by atoms with Crippen LogP contribution in [0.4, 0.5) is 0 Å². The number of nitrogens with zero attached hydrogens (tertiary/aromatic N) is 1. The molecule has 1 N–H and O–H groups in total. The van der Waals surface area contributed by atoms with E-state index < -0.39 is 10.0 Å². The first-order valence-corrected chi connectivity index (χ1v) is 8.86. The van der Waals surface area contributed by atoms with Gasteiger partial charge in [-0.2, -0.15) is 18.4 Å². The van der Waals surface area contributed by atoms with Crippen LogP contribution < -0.4 is 14.3 Å². The van der Waals surface area contributed by atoms with E-state index in [2.05, 4.69) is 9.93 Å². The van der Waals surface area contributed by atoms with E-state index >= 15 is 0 Å². The molecule has 7 heteroatoms. The zero-order chi connectivity index (χ0) is 17.6. The second-order valence-corrected chi connectivity index (χ2v) is 6.55. The molecule has 0 bridgehead atoms. The maximum Gasteiger partial charge on any atom is 0.276 e. The lowest BCUT2D eigenvalue weighted by Crippen LogP contribution is -2.20. The van der Waals surface area contributed by atoms with Crippen molar-refractivity contribution >= 4 is 15.7 Å². The Morgan fingerprint density at radius 2 is 1.71 bits per heavy atom. The van der Waals surface area contributed by atoms with Crippen molar-refractivity contribution in [1.29, 1.82) is 0 Å². The quantitative estimate of drug-likeness (QED) is 0.616. The molecule has 2 aromatic carbocycles. The maximum atomic E-state index is 12.2. The molecule has 0 aliphatic carbocycles. The van der Waals surface area contributed by atoms with Crippen LogP contribution in [0.1, 0.15) is 18.9 Å². The Hall–Kier alpha value is -2.54. The number of ether oxygens (including phenoxy) is 2. The predicted octanol–water partition coefficient (Wildman–Crippen LogP) is 2.80. The highest BCUT2D eigenvalue weighted by Gasteiger charge is 2.13. The third-order valence-electron chi connectivity index (χ3n) is 3.41. The van der Waals surface area contributed by atoms with Crippen molar-refractivity contribution in [1.82, 2.24) is 4.83 Å². The number of nitrogens with one attached hydrogen (secondary N) is 1. The molecule has 0 radical (unpaired) electrons. The number of rotatable bonds is 7. The van der Waals surface area contributed by atoms with E-state index in [1.54, 1.807) is 50.6 Å². The van der Waals surface area contributed by atoms with Crippen LogP contribution in [0.15, 0.2) is 58.5 Å². The number of methoxy groups -OCH3 is 2. The minimum Gasteiger partial charge on any atom is -0.493 e. The third-order valence-corrected chi connectivity index (χ3v) is 4.63. The van der Waals surface area contributed by atoms with Crippen LogP contribution in [0.25, 0.3) is 0 Å². The van der Waals surface area contributed by atoms with Gasteiger partial charge in [0.15, 0.2) is 11.5 Å². The molecule has 0 atom stereocenters. The summed E-state index contributed by atoms with van der Waals surface area (Å²) in [6.45, 7) is 1.90. The molecule has 0 aromatic heterocycles. The highest BCUT2D eigenvalue weighted by atomic mass is 32.2. The Kier molecular flexibility index (Phi) is 5.81. The molecule has 0 spiro atoms. The fraction of sp³-hybridized carbons (Fsp3) is 0.235. The molecule has 0 aliphatic rings. The molecular formula is C17H20N2O4S. The molecule has 2 rings (SSSR count). The van der Waals surface area contributed by atoms with Crippen LogP contribution in [0, 0.1) is 0 Å². The van der Waals surface area contributed by atoms with Crippen LogP contribution in [-0.4, -0.2) is 28.3 Å². The fourth-order valence-corrected chi connectivity index (χ4v) is 2.98. The Morgan fingerprint density at radius 3 is 2.29 bits per heavy atom. The molecule has 2 aromatic rings. The molecular weight excluding hydrogens is 328 g/mol. The first kappa shape index (κ1) is 17.8. The molecule has 0 heterocycles. The Morgan fingerprint density at radius 1 is 1.04 bits per heavy atom. The monoisotopic (exact) mass is 348 g/mol. The second-order valence-electron chi connectivity index (χ2n) is 4.89. The van der Waals surface area contributed by atoms with Crippen LogP contribution in [-0.2, 0) is 10.0 Å². The van der Waals surface area contributed by atoms with Gasteiger partial charge in [-0.1, -0.05) is 25.1 Å². The fourth-order valence-electron chi connectivity index (χ4n) is 2.13. The van der Waals surface area contributed by atoms with E-state index in [1.165, 1.54) is 12.1 Å². The van der Waals surface area contributed by atoms with Gasteiger partial charge in [0.2, 0.25) is 0 Å². The van der Waals surface area contributed by atoms with Gasteiger partial charge in [0.1, 0.15) is 0 Å². The topological polar surface area (TPSA) is 77.0 Å². The minimum absolute atomic E-state index is 0.163. The zero-order valence-corrected chi connectivity index (χ0v) is 14.6. The molecule has 128 valence electrons.